The molecule has 5 nitrogen and oxygen atoms in total. The number of ether oxygens (including phenoxy) is 1. The summed E-state index contributed by atoms with van der Waals surface area (Å²) in [4.78, 5) is 24.3. The Morgan fingerprint density at radius 3 is 2.36 bits per heavy atom. The number of carboxylic acids is 1. The van der Waals surface area contributed by atoms with Gasteiger partial charge in [-0.15, -0.1) is 0 Å². The van der Waals surface area contributed by atoms with E-state index in [2.05, 4.69) is 0 Å². The first kappa shape index (κ1) is 18.6. The third kappa shape index (κ3) is 5.42. The Morgan fingerprint density at radius 1 is 1.36 bits per heavy atom. The van der Waals surface area contributed by atoms with Crippen molar-refractivity contribution < 1.29 is 28.2 Å². The lowest BCUT2D eigenvalue weighted by molar-refractivity contribution is -0.141. The summed E-state index contributed by atoms with van der Waals surface area (Å²) in [6.45, 7) is 7.69. The zero-order valence-electron chi connectivity index (χ0n) is 13.5. The minimum atomic E-state index is -2.67. The van der Waals surface area contributed by atoms with E-state index in [1.807, 2.05) is 0 Å². The number of piperidine rings is 1. The lowest BCUT2D eigenvalue weighted by atomic mass is 9.76. The molecule has 0 aliphatic carbocycles. The van der Waals surface area contributed by atoms with Gasteiger partial charge in [-0.1, -0.05) is 6.92 Å². The highest BCUT2D eigenvalue weighted by Crippen LogP contribution is 2.35. The van der Waals surface area contributed by atoms with Crippen LogP contribution in [0, 0.1) is 17.8 Å². The van der Waals surface area contributed by atoms with Crippen molar-refractivity contribution in [2.75, 3.05) is 13.1 Å². The molecule has 1 saturated heterocycles. The number of likely N-dealkylation sites (tertiary alicyclic amines) is 1. The molecule has 1 rings (SSSR count). The molecule has 0 spiro atoms. The number of rotatable bonds is 4. The van der Waals surface area contributed by atoms with Crippen molar-refractivity contribution in [1.29, 1.82) is 0 Å². The van der Waals surface area contributed by atoms with E-state index in [0.717, 1.165) is 0 Å². The average molecular weight is 321 g/mol. The summed E-state index contributed by atoms with van der Waals surface area (Å²) in [5, 5.41) is 8.80. The first-order valence-electron chi connectivity index (χ1n) is 7.49. The summed E-state index contributed by atoms with van der Waals surface area (Å²) in [5.74, 6) is -2.99. The van der Waals surface area contributed by atoms with Crippen molar-refractivity contribution in [3.63, 3.8) is 0 Å². The van der Waals surface area contributed by atoms with Gasteiger partial charge >= 0.3 is 12.1 Å². The Kier molecular flexibility index (Phi) is 6.14. The van der Waals surface area contributed by atoms with Gasteiger partial charge in [0.1, 0.15) is 5.60 Å². The summed E-state index contributed by atoms with van der Waals surface area (Å²) >= 11 is 0. The SMILES string of the molecule is CC1CN(C(=O)OC(C)(C)C)CCC1C(CC(=O)O)C(F)F. The van der Waals surface area contributed by atoms with Crippen molar-refractivity contribution in [2.45, 2.75) is 52.6 Å². The van der Waals surface area contributed by atoms with Gasteiger partial charge in [-0.05, 0) is 39.0 Å². The van der Waals surface area contributed by atoms with Crippen molar-refractivity contribution in [3.05, 3.63) is 0 Å². The Bertz CT molecular complexity index is 409. The summed E-state index contributed by atoms with van der Waals surface area (Å²) in [7, 11) is 0. The average Bonchev–Trinajstić information content (AvgIpc) is 2.33. The molecule has 1 heterocycles. The van der Waals surface area contributed by atoms with Crippen LogP contribution >= 0.6 is 0 Å². The van der Waals surface area contributed by atoms with Crippen LogP contribution < -0.4 is 0 Å². The van der Waals surface area contributed by atoms with E-state index >= 15 is 0 Å². The number of hydrogen-bond donors (Lipinski definition) is 1. The van der Waals surface area contributed by atoms with Gasteiger partial charge in [-0.25, -0.2) is 13.6 Å². The Hall–Kier alpha value is -1.40. The van der Waals surface area contributed by atoms with Crippen molar-refractivity contribution >= 4 is 12.1 Å². The van der Waals surface area contributed by atoms with E-state index in [0.29, 0.717) is 19.5 Å². The fourth-order valence-electron chi connectivity index (χ4n) is 2.92. The molecule has 0 aromatic rings. The molecule has 7 heteroatoms. The molecule has 3 atom stereocenters. The number of aliphatic carboxylic acids is 1. The first-order valence-corrected chi connectivity index (χ1v) is 7.49. The second kappa shape index (κ2) is 7.24. The quantitative estimate of drug-likeness (QED) is 0.863. The van der Waals surface area contributed by atoms with Gasteiger partial charge in [0.05, 0.1) is 6.42 Å². The molecule has 1 N–H and O–H groups in total. The van der Waals surface area contributed by atoms with Crippen LogP contribution in [0.1, 0.15) is 40.5 Å². The molecule has 1 fully saturated rings. The molecule has 0 bridgehead atoms. The van der Waals surface area contributed by atoms with Crippen molar-refractivity contribution in [3.8, 4) is 0 Å². The van der Waals surface area contributed by atoms with E-state index in [4.69, 9.17) is 9.84 Å². The summed E-state index contributed by atoms with van der Waals surface area (Å²) < 4.78 is 31.5. The maximum Gasteiger partial charge on any atom is 0.410 e. The predicted octanol–water partition coefficient (Wildman–Crippen LogP) is 3.24. The lowest BCUT2D eigenvalue weighted by Crippen LogP contribution is -2.47. The predicted molar refractivity (Wildman–Crippen MR) is 76.8 cm³/mol. The van der Waals surface area contributed by atoms with Crippen LogP contribution in [0.3, 0.4) is 0 Å². The topological polar surface area (TPSA) is 66.8 Å². The fraction of sp³-hybridized carbons (Fsp3) is 0.867. The number of hydrogen-bond acceptors (Lipinski definition) is 3. The van der Waals surface area contributed by atoms with Gasteiger partial charge in [-0.3, -0.25) is 4.79 Å². The van der Waals surface area contributed by atoms with E-state index < -0.39 is 42.3 Å². The summed E-state index contributed by atoms with van der Waals surface area (Å²) in [6, 6.07) is 0. The minimum Gasteiger partial charge on any atom is -0.481 e. The van der Waals surface area contributed by atoms with E-state index in [9.17, 15) is 18.4 Å². The highest BCUT2D eigenvalue weighted by molar-refractivity contribution is 5.68. The van der Waals surface area contributed by atoms with Gasteiger partial charge in [0.15, 0.2) is 0 Å². The van der Waals surface area contributed by atoms with Crippen LogP contribution in [0.4, 0.5) is 13.6 Å². The Morgan fingerprint density at radius 2 is 1.95 bits per heavy atom. The van der Waals surface area contributed by atoms with Gasteiger partial charge in [-0.2, -0.15) is 0 Å². The van der Waals surface area contributed by atoms with Gasteiger partial charge < -0.3 is 14.7 Å². The molecule has 128 valence electrons. The smallest absolute Gasteiger partial charge is 0.410 e. The van der Waals surface area contributed by atoms with Crippen LogP contribution in [0.15, 0.2) is 0 Å². The Labute approximate surface area is 129 Å². The van der Waals surface area contributed by atoms with Gasteiger partial charge in [0, 0.05) is 19.0 Å². The number of nitrogens with zero attached hydrogens (tertiary/aromatic N) is 1. The number of alkyl halides is 2. The standard InChI is InChI=1S/C15H25F2NO4/c1-9-8-18(14(21)22-15(2,3)4)6-5-10(9)11(13(16)17)7-12(19)20/h9-11,13H,5-8H2,1-4H3,(H,19,20). The number of amides is 1. The van der Waals surface area contributed by atoms with E-state index in [-0.39, 0.29) is 5.92 Å². The molecule has 3 unspecified atom stereocenters. The number of carboxylic acid groups (broad SMARTS) is 1. The van der Waals surface area contributed by atoms with Crippen LogP contribution in [0.25, 0.3) is 0 Å². The number of halogens is 2. The molecule has 0 radical (unpaired) electrons. The maximum absolute atomic E-state index is 13.1. The van der Waals surface area contributed by atoms with Gasteiger partial charge in [0.25, 0.3) is 0 Å². The first-order chi connectivity index (χ1) is 10.0. The van der Waals surface area contributed by atoms with Crippen LogP contribution in [0.2, 0.25) is 0 Å². The largest absolute Gasteiger partial charge is 0.481 e. The van der Waals surface area contributed by atoms with Crippen molar-refractivity contribution in [1.82, 2.24) is 4.90 Å². The molecule has 0 aromatic carbocycles. The Balaban J connectivity index is 2.68. The third-order valence-electron chi connectivity index (χ3n) is 3.91. The molecule has 0 aromatic heterocycles. The van der Waals surface area contributed by atoms with Crippen LogP contribution in [-0.4, -0.2) is 47.2 Å². The zero-order valence-corrected chi connectivity index (χ0v) is 13.5. The molecular weight excluding hydrogens is 296 g/mol. The highest BCUT2D eigenvalue weighted by Gasteiger charge is 2.39. The highest BCUT2D eigenvalue weighted by atomic mass is 19.3. The number of carbonyl (C=O) groups excluding carboxylic acids is 1. The lowest BCUT2D eigenvalue weighted by Gasteiger charge is -2.40. The molecule has 1 amide bonds. The maximum atomic E-state index is 13.1. The van der Waals surface area contributed by atoms with E-state index in [1.165, 1.54) is 4.90 Å². The summed E-state index contributed by atoms with van der Waals surface area (Å²) in [6.07, 6.45) is -3.30. The van der Waals surface area contributed by atoms with Crippen LogP contribution in [0.5, 0.6) is 0 Å². The molecular formula is C15H25F2NO4. The third-order valence-corrected chi connectivity index (χ3v) is 3.91. The molecule has 1 aliphatic rings. The summed E-state index contributed by atoms with van der Waals surface area (Å²) in [5.41, 5.74) is -0.605. The molecule has 1 aliphatic heterocycles. The normalized spacial score (nSPS) is 24.2. The second-order valence-corrected chi connectivity index (χ2v) is 6.95. The second-order valence-electron chi connectivity index (χ2n) is 6.95. The van der Waals surface area contributed by atoms with Crippen LogP contribution in [-0.2, 0) is 9.53 Å². The monoisotopic (exact) mass is 321 g/mol. The minimum absolute atomic E-state index is 0.195. The molecule has 0 saturated carbocycles. The number of carbonyl (C=O) groups is 2. The van der Waals surface area contributed by atoms with Gasteiger partial charge in [0.2, 0.25) is 6.43 Å². The van der Waals surface area contributed by atoms with Crippen molar-refractivity contribution in [2.24, 2.45) is 17.8 Å². The van der Waals surface area contributed by atoms with E-state index in [1.54, 1.807) is 27.7 Å². The fourth-order valence-corrected chi connectivity index (χ4v) is 2.92. The zero-order chi connectivity index (χ0) is 17.1. The molecule has 22 heavy (non-hydrogen) atoms.